The lowest BCUT2D eigenvalue weighted by Gasteiger charge is -2.16. The lowest BCUT2D eigenvalue weighted by Crippen LogP contribution is -2.08. The molecule has 3 heterocycles. The molecule has 154 valence electrons. The van der Waals surface area contributed by atoms with E-state index in [4.69, 9.17) is 9.47 Å². The van der Waals surface area contributed by atoms with Crippen LogP contribution in [0, 0.1) is 13.8 Å². The third-order valence-corrected chi connectivity index (χ3v) is 6.31. The van der Waals surface area contributed by atoms with E-state index in [2.05, 4.69) is 52.3 Å². The highest BCUT2D eigenvalue weighted by atomic mass is 32.1. The van der Waals surface area contributed by atoms with Gasteiger partial charge in [-0.3, -0.25) is 4.98 Å². The van der Waals surface area contributed by atoms with E-state index in [1.807, 2.05) is 31.5 Å². The molecule has 0 saturated heterocycles. The first kappa shape index (κ1) is 20.1. The summed E-state index contributed by atoms with van der Waals surface area (Å²) in [4.78, 5) is 15.9. The number of hydrogen-bond acceptors (Lipinski definition) is 7. The Balaban J connectivity index is 1.68. The number of pyridine rings is 1. The van der Waals surface area contributed by atoms with Crippen LogP contribution in [0.4, 0.5) is 5.82 Å². The summed E-state index contributed by atoms with van der Waals surface area (Å²) >= 11 is 1.77. The molecule has 1 unspecified atom stereocenters. The number of methoxy groups -OCH3 is 2. The van der Waals surface area contributed by atoms with Gasteiger partial charge in [0, 0.05) is 33.6 Å². The van der Waals surface area contributed by atoms with Crippen LogP contribution in [0.5, 0.6) is 11.5 Å². The average Bonchev–Trinajstić information content (AvgIpc) is 3.23. The van der Waals surface area contributed by atoms with E-state index in [9.17, 15) is 0 Å². The molecule has 6 nitrogen and oxygen atoms in total. The van der Waals surface area contributed by atoms with Gasteiger partial charge in [0.25, 0.3) is 0 Å². The van der Waals surface area contributed by atoms with Crippen LogP contribution in [0.15, 0.2) is 42.7 Å². The van der Waals surface area contributed by atoms with Gasteiger partial charge >= 0.3 is 0 Å². The van der Waals surface area contributed by atoms with Crippen LogP contribution < -0.4 is 14.8 Å². The zero-order valence-electron chi connectivity index (χ0n) is 17.7. The summed E-state index contributed by atoms with van der Waals surface area (Å²) in [5, 5.41) is 4.46. The quantitative estimate of drug-likeness (QED) is 0.440. The number of aryl methyl sites for hydroxylation is 2. The lowest BCUT2D eigenvalue weighted by atomic mass is 10.1. The van der Waals surface area contributed by atoms with Gasteiger partial charge in [-0.2, -0.15) is 0 Å². The molecule has 3 aromatic heterocycles. The molecule has 0 radical (unpaired) electrons. The van der Waals surface area contributed by atoms with Gasteiger partial charge in [0.1, 0.15) is 11.6 Å². The van der Waals surface area contributed by atoms with Crippen molar-refractivity contribution in [2.24, 2.45) is 0 Å². The van der Waals surface area contributed by atoms with Gasteiger partial charge in [-0.15, -0.1) is 11.3 Å². The minimum absolute atomic E-state index is 0.0801. The second-order valence-electron chi connectivity index (χ2n) is 7.10. The first-order chi connectivity index (χ1) is 14.5. The number of fused-ring (bicyclic) bond motifs is 1. The average molecular weight is 421 g/mol. The van der Waals surface area contributed by atoms with Crippen LogP contribution in [-0.2, 0) is 0 Å². The van der Waals surface area contributed by atoms with E-state index in [1.165, 1.54) is 20.9 Å². The maximum Gasteiger partial charge on any atom is 0.162 e. The van der Waals surface area contributed by atoms with Crippen molar-refractivity contribution >= 4 is 28.1 Å². The second-order valence-corrected chi connectivity index (χ2v) is 8.22. The van der Waals surface area contributed by atoms with E-state index >= 15 is 0 Å². The smallest absolute Gasteiger partial charge is 0.162 e. The van der Waals surface area contributed by atoms with Crippen LogP contribution in [-0.4, -0.2) is 29.2 Å². The van der Waals surface area contributed by atoms with Crippen molar-refractivity contribution in [2.75, 3.05) is 19.5 Å². The van der Waals surface area contributed by atoms with Crippen LogP contribution >= 0.6 is 11.3 Å². The number of nitrogens with zero attached hydrogens (tertiary/aromatic N) is 3. The highest BCUT2D eigenvalue weighted by Gasteiger charge is 2.16. The molecule has 7 heteroatoms. The zero-order valence-corrected chi connectivity index (χ0v) is 18.5. The zero-order chi connectivity index (χ0) is 21.3. The highest BCUT2D eigenvalue weighted by molar-refractivity contribution is 7.15. The summed E-state index contributed by atoms with van der Waals surface area (Å²) in [6.45, 7) is 6.11. The van der Waals surface area contributed by atoms with Crippen LogP contribution in [0.25, 0.3) is 21.3 Å². The van der Waals surface area contributed by atoms with E-state index < -0.39 is 0 Å². The fraction of sp³-hybridized carbons (Fsp3) is 0.261. The molecule has 0 spiro atoms. The number of anilines is 1. The molecule has 1 aromatic carbocycles. The number of nitrogens with one attached hydrogen (secondary N) is 1. The minimum atomic E-state index is 0.0801. The highest BCUT2D eigenvalue weighted by Crippen LogP contribution is 2.37. The molecule has 0 aliphatic carbocycles. The summed E-state index contributed by atoms with van der Waals surface area (Å²) in [6.07, 6.45) is 3.73. The van der Waals surface area contributed by atoms with Crippen LogP contribution in [0.2, 0.25) is 0 Å². The van der Waals surface area contributed by atoms with Crippen molar-refractivity contribution in [1.29, 1.82) is 0 Å². The molecule has 4 rings (SSSR count). The minimum Gasteiger partial charge on any atom is -0.493 e. The van der Waals surface area contributed by atoms with Gasteiger partial charge < -0.3 is 14.8 Å². The molecular weight excluding hydrogens is 396 g/mol. The van der Waals surface area contributed by atoms with Crippen LogP contribution in [0.1, 0.15) is 29.2 Å². The maximum atomic E-state index is 5.47. The topological polar surface area (TPSA) is 69.2 Å². The van der Waals surface area contributed by atoms with Gasteiger partial charge in [0.05, 0.1) is 25.8 Å². The fourth-order valence-electron chi connectivity index (χ4n) is 3.44. The number of ether oxygens (including phenoxy) is 2. The molecule has 0 aliphatic heterocycles. The van der Waals surface area contributed by atoms with Crippen molar-refractivity contribution in [2.45, 2.75) is 26.8 Å². The summed E-state index contributed by atoms with van der Waals surface area (Å²) in [5.41, 5.74) is 3.20. The Labute approximate surface area is 179 Å². The Bertz CT molecular complexity index is 1210. The number of hydrogen-bond donors (Lipinski definition) is 1. The first-order valence-corrected chi connectivity index (χ1v) is 10.5. The largest absolute Gasteiger partial charge is 0.493 e. The fourth-order valence-corrected chi connectivity index (χ4v) is 4.54. The van der Waals surface area contributed by atoms with E-state index in [0.717, 1.165) is 16.7 Å². The summed E-state index contributed by atoms with van der Waals surface area (Å²) in [6, 6.07) is 10.3. The van der Waals surface area contributed by atoms with E-state index in [-0.39, 0.29) is 6.04 Å². The molecule has 0 amide bonds. The third-order valence-electron chi connectivity index (χ3n) is 5.01. The SMILES string of the molecule is COc1cc2nc(C)nc(NC(C)c3ccc(-c4ccncc4C)s3)c2cc1OC. The van der Waals surface area contributed by atoms with Gasteiger partial charge in [0.2, 0.25) is 0 Å². The molecule has 4 aromatic rings. The number of rotatable bonds is 6. The van der Waals surface area contributed by atoms with Gasteiger partial charge in [-0.05, 0) is 56.2 Å². The predicted octanol–water partition coefficient (Wildman–Crippen LogP) is 5.56. The second kappa shape index (κ2) is 8.28. The van der Waals surface area contributed by atoms with Crippen molar-refractivity contribution in [1.82, 2.24) is 15.0 Å². The Morgan fingerprint density at radius 1 is 1.00 bits per heavy atom. The standard InChI is InChI=1S/C23H24N4O2S/c1-13-12-24-9-8-16(13)22-7-6-21(30-22)14(2)25-23-17-10-19(28-4)20(29-5)11-18(17)26-15(3)27-23/h6-12,14H,1-5H3,(H,25,26,27). The van der Waals surface area contributed by atoms with Gasteiger partial charge in [-0.25, -0.2) is 9.97 Å². The van der Waals surface area contributed by atoms with E-state index in [0.29, 0.717) is 17.3 Å². The molecular formula is C23H24N4O2S. The monoisotopic (exact) mass is 420 g/mol. The molecule has 1 atom stereocenters. The number of aromatic nitrogens is 3. The van der Waals surface area contributed by atoms with Gasteiger partial charge in [0.15, 0.2) is 11.5 Å². The predicted molar refractivity (Wildman–Crippen MR) is 122 cm³/mol. The van der Waals surface area contributed by atoms with E-state index in [1.54, 1.807) is 25.6 Å². The molecule has 0 fully saturated rings. The summed E-state index contributed by atoms with van der Waals surface area (Å²) < 4.78 is 10.9. The van der Waals surface area contributed by atoms with Crippen LogP contribution in [0.3, 0.4) is 0 Å². The normalized spacial score (nSPS) is 12.0. The molecule has 0 bridgehead atoms. The molecule has 0 saturated carbocycles. The molecule has 0 aliphatic rings. The molecule has 30 heavy (non-hydrogen) atoms. The van der Waals surface area contributed by atoms with Gasteiger partial charge in [-0.1, -0.05) is 0 Å². The Kier molecular flexibility index (Phi) is 5.55. The summed E-state index contributed by atoms with van der Waals surface area (Å²) in [7, 11) is 3.25. The van der Waals surface area contributed by atoms with Crippen molar-refractivity contribution in [3.05, 3.63) is 59.0 Å². The third kappa shape index (κ3) is 3.80. The molecule has 1 N–H and O–H groups in total. The Morgan fingerprint density at radius 2 is 1.77 bits per heavy atom. The van der Waals surface area contributed by atoms with Crippen molar-refractivity contribution < 1.29 is 9.47 Å². The number of benzene rings is 1. The van der Waals surface area contributed by atoms with Crippen molar-refractivity contribution in [3.8, 4) is 21.9 Å². The Hall–Kier alpha value is -3.19. The number of thiophene rings is 1. The maximum absolute atomic E-state index is 5.47. The Morgan fingerprint density at radius 3 is 2.50 bits per heavy atom. The van der Waals surface area contributed by atoms with Crippen molar-refractivity contribution in [3.63, 3.8) is 0 Å². The lowest BCUT2D eigenvalue weighted by molar-refractivity contribution is 0.356. The summed E-state index contributed by atoms with van der Waals surface area (Å²) in [5.74, 6) is 2.78. The first-order valence-electron chi connectivity index (χ1n) is 9.67.